The molecule has 0 aliphatic rings. The molecule has 0 aliphatic carbocycles. The van der Waals surface area contributed by atoms with E-state index in [9.17, 15) is 19.7 Å². The van der Waals surface area contributed by atoms with Crippen LogP contribution in [0, 0.1) is 10.1 Å². The number of hydrogen-bond donors (Lipinski definition) is 2. The number of amides is 1. The zero-order valence-corrected chi connectivity index (χ0v) is 18.0. The molecule has 1 heterocycles. The molecule has 1 aromatic heterocycles. The largest absolute Gasteiger partial charge is 0.445 e. The number of nitro groups is 1. The molecule has 3 aromatic carbocycles. The van der Waals surface area contributed by atoms with Gasteiger partial charge in [-0.15, -0.1) is 0 Å². The first-order chi connectivity index (χ1) is 16.5. The van der Waals surface area contributed by atoms with Gasteiger partial charge in [0.05, 0.1) is 4.92 Å². The van der Waals surface area contributed by atoms with E-state index in [2.05, 4.69) is 10.3 Å². The molecule has 1 unspecified atom stereocenters. The second-order valence-electron chi connectivity index (χ2n) is 7.47. The molecule has 4 rings (SSSR count). The zero-order chi connectivity index (χ0) is 23.9. The van der Waals surface area contributed by atoms with Crippen LogP contribution in [0.4, 0.5) is 10.5 Å². The summed E-state index contributed by atoms with van der Waals surface area (Å²) in [7, 11) is 0. The summed E-state index contributed by atoms with van der Waals surface area (Å²) in [5, 5.41) is 14.7. The van der Waals surface area contributed by atoms with Gasteiger partial charge in [-0.3, -0.25) is 10.1 Å². The molecular formula is C25H21N3O6. The second kappa shape index (κ2) is 10.3. The highest BCUT2D eigenvalue weighted by atomic mass is 16.6. The summed E-state index contributed by atoms with van der Waals surface area (Å²) in [6.07, 6.45) is 1.02. The lowest BCUT2D eigenvalue weighted by atomic mass is 10.1. The Morgan fingerprint density at radius 3 is 2.47 bits per heavy atom. The van der Waals surface area contributed by atoms with E-state index >= 15 is 0 Å². The molecule has 4 aromatic rings. The topological polar surface area (TPSA) is 124 Å². The number of aromatic amines is 1. The third kappa shape index (κ3) is 5.39. The van der Waals surface area contributed by atoms with Gasteiger partial charge < -0.3 is 19.8 Å². The number of benzene rings is 3. The van der Waals surface area contributed by atoms with Crippen molar-refractivity contribution < 1.29 is 24.0 Å². The average Bonchev–Trinajstić information content (AvgIpc) is 3.26. The molecule has 172 valence electrons. The first-order valence-corrected chi connectivity index (χ1v) is 10.5. The van der Waals surface area contributed by atoms with Crippen LogP contribution in [-0.4, -0.2) is 28.0 Å². The molecule has 2 N–H and O–H groups in total. The summed E-state index contributed by atoms with van der Waals surface area (Å²) in [5.74, 6) is -1.06. The number of fused-ring (bicyclic) bond motifs is 1. The monoisotopic (exact) mass is 459 g/mol. The van der Waals surface area contributed by atoms with E-state index in [1.54, 1.807) is 18.3 Å². The van der Waals surface area contributed by atoms with Crippen LogP contribution >= 0.6 is 0 Å². The Hall–Kier alpha value is -4.66. The number of para-hydroxylation sites is 3. The SMILES string of the molecule is O=C(NC(Cc1c[nH]c2ccccc12)C(=O)Oc1ccccc1[N+](=O)[O-])OCc1ccccc1. The fourth-order valence-corrected chi connectivity index (χ4v) is 3.49. The summed E-state index contributed by atoms with van der Waals surface area (Å²) in [6.45, 7) is 0.0195. The molecule has 34 heavy (non-hydrogen) atoms. The lowest BCUT2D eigenvalue weighted by Gasteiger charge is -2.17. The first kappa shape index (κ1) is 22.5. The quantitative estimate of drug-likeness (QED) is 0.173. The summed E-state index contributed by atoms with van der Waals surface area (Å²) in [5.41, 5.74) is 2.07. The predicted molar refractivity (Wildman–Crippen MR) is 124 cm³/mol. The van der Waals surface area contributed by atoms with Crippen LogP contribution < -0.4 is 10.1 Å². The summed E-state index contributed by atoms with van der Waals surface area (Å²) in [6, 6.07) is 21.0. The molecule has 0 fully saturated rings. The number of esters is 1. The molecule has 0 aliphatic heterocycles. The van der Waals surface area contributed by atoms with E-state index in [1.807, 2.05) is 42.5 Å². The van der Waals surface area contributed by atoms with Gasteiger partial charge in [-0.05, 0) is 23.3 Å². The number of nitro benzene ring substituents is 1. The standard InChI is InChI=1S/C25H21N3O6/c29-24(34-23-13-7-6-12-22(23)28(31)32)21(14-18-15-26-20-11-5-4-10-19(18)20)27-25(30)33-16-17-8-2-1-3-9-17/h1-13,15,21,26H,14,16H2,(H,27,30). The van der Waals surface area contributed by atoms with E-state index in [0.29, 0.717) is 0 Å². The highest BCUT2D eigenvalue weighted by Gasteiger charge is 2.27. The molecule has 0 spiro atoms. The number of aromatic nitrogens is 1. The molecular weight excluding hydrogens is 438 g/mol. The lowest BCUT2D eigenvalue weighted by molar-refractivity contribution is -0.385. The van der Waals surface area contributed by atoms with E-state index in [1.165, 1.54) is 24.3 Å². The maximum absolute atomic E-state index is 13.0. The van der Waals surface area contributed by atoms with Crippen molar-refractivity contribution in [3.63, 3.8) is 0 Å². The highest BCUT2D eigenvalue weighted by molar-refractivity contribution is 5.87. The Kier molecular flexibility index (Phi) is 6.83. The minimum absolute atomic E-state index is 0.0195. The molecule has 0 radical (unpaired) electrons. The normalized spacial score (nSPS) is 11.5. The van der Waals surface area contributed by atoms with Gasteiger partial charge >= 0.3 is 17.7 Å². The first-order valence-electron chi connectivity index (χ1n) is 10.5. The molecule has 9 nitrogen and oxygen atoms in total. The number of H-pyrrole nitrogens is 1. The van der Waals surface area contributed by atoms with Crippen molar-refractivity contribution in [1.82, 2.24) is 10.3 Å². The maximum atomic E-state index is 13.0. The van der Waals surface area contributed by atoms with Gasteiger partial charge in [0.2, 0.25) is 5.75 Å². The number of alkyl carbamates (subject to hydrolysis) is 1. The Morgan fingerprint density at radius 1 is 0.971 bits per heavy atom. The number of nitrogens with one attached hydrogen (secondary N) is 2. The van der Waals surface area contributed by atoms with Crippen molar-refractivity contribution in [2.45, 2.75) is 19.1 Å². The van der Waals surface area contributed by atoms with Crippen molar-refractivity contribution >= 4 is 28.7 Å². The second-order valence-corrected chi connectivity index (χ2v) is 7.47. The number of hydrogen-bond acceptors (Lipinski definition) is 6. The van der Waals surface area contributed by atoms with Crippen LogP contribution in [0.2, 0.25) is 0 Å². The summed E-state index contributed by atoms with van der Waals surface area (Å²) in [4.78, 5) is 39.3. The molecule has 0 saturated carbocycles. The van der Waals surface area contributed by atoms with Gasteiger partial charge in [-0.1, -0.05) is 60.7 Å². The number of nitrogens with zero attached hydrogens (tertiary/aromatic N) is 1. The third-order valence-corrected chi connectivity index (χ3v) is 5.16. The van der Waals surface area contributed by atoms with Crippen LogP contribution in [0.1, 0.15) is 11.1 Å². The van der Waals surface area contributed by atoms with Gasteiger partial charge in [0.15, 0.2) is 0 Å². The van der Waals surface area contributed by atoms with E-state index in [4.69, 9.17) is 9.47 Å². The molecule has 9 heteroatoms. The lowest BCUT2D eigenvalue weighted by Crippen LogP contribution is -2.44. The van der Waals surface area contributed by atoms with Crippen molar-refractivity contribution in [2.75, 3.05) is 0 Å². The minimum Gasteiger partial charge on any atom is -0.445 e. The smallest absolute Gasteiger partial charge is 0.408 e. The Bertz CT molecular complexity index is 1320. The van der Waals surface area contributed by atoms with Crippen LogP contribution in [-0.2, 0) is 22.6 Å². The van der Waals surface area contributed by atoms with Gasteiger partial charge in [0, 0.05) is 29.6 Å². The molecule has 0 saturated heterocycles. The van der Waals surface area contributed by atoms with E-state index in [-0.39, 0.29) is 24.5 Å². The Morgan fingerprint density at radius 2 is 1.68 bits per heavy atom. The highest BCUT2D eigenvalue weighted by Crippen LogP contribution is 2.27. The van der Waals surface area contributed by atoms with Gasteiger partial charge in [0.25, 0.3) is 0 Å². The molecule has 1 atom stereocenters. The van der Waals surface area contributed by atoms with Gasteiger partial charge in [-0.2, -0.15) is 0 Å². The van der Waals surface area contributed by atoms with Crippen molar-refractivity contribution in [3.05, 3.63) is 106 Å². The predicted octanol–water partition coefficient (Wildman–Crippen LogP) is 4.52. The number of carbonyl (C=O) groups excluding carboxylic acids is 2. The number of carbonyl (C=O) groups is 2. The van der Waals surface area contributed by atoms with Crippen molar-refractivity contribution in [3.8, 4) is 5.75 Å². The maximum Gasteiger partial charge on any atom is 0.408 e. The minimum atomic E-state index is -1.15. The zero-order valence-electron chi connectivity index (χ0n) is 18.0. The van der Waals surface area contributed by atoms with E-state index in [0.717, 1.165) is 22.0 Å². The van der Waals surface area contributed by atoms with Gasteiger partial charge in [-0.25, -0.2) is 9.59 Å². The number of ether oxygens (including phenoxy) is 2. The van der Waals surface area contributed by atoms with Crippen LogP contribution in [0.25, 0.3) is 10.9 Å². The third-order valence-electron chi connectivity index (χ3n) is 5.16. The average molecular weight is 459 g/mol. The Labute approximate surface area is 194 Å². The fourth-order valence-electron chi connectivity index (χ4n) is 3.49. The van der Waals surface area contributed by atoms with Crippen molar-refractivity contribution in [2.24, 2.45) is 0 Å². The summed E-state index contributed by atoms with van der Waals surface area (Å²) < 4.78 is 10.6. The van der Waals surface area contributed by atoms with Crippen LogP contribution in [0.3, 0.4) is 0 Å². The van der Waals surface area contributed by atoms with Crippen LogP contribution in [0.15, 0.2) is 85.1 Å². The van der Waals surface area contributed by atoms with E-state index < -0.39 is 23.0 Å². The molecule has 0 bridgehead atoms. The van der Waals surface area contributed by atoms with Gasteiger partial charge in [0.1, 0.15) is 12.6 Å². The Balaban J connectivity index is 1.53. The molecule has 1 amide bonds. The van der Waals surface area contributed by atoms with Crippen molar-refractivity contribution in [1.29, 1.82) is 0 Å². The van der Waals surface area contributed by atoms with Crippen LogP contribution in [0.5, 0.6) is 5.75 Å². The number of rotatable bonds is 8. The summed E-state index contributed by atoms with van der Waals surface area (Å²) >= 11 is 0. The fraction of sp³-hybridized carbons (Fsp3) is 0.120.